The average molecular weight is 498 g/mol. The molecule has 4 heterocycles. The minimum atomic E-state index is -0.529. The predicted octanol–water partition coefficient (Wildman–Crippen LogP) is 2.32. The number of anilines is 2. The van der Waals surface area contributed by atoms with Crippen molar-refractivity contribution in [1.29, 1.82) is 0 Å². The summed E-state index contributed by atoms with van der Waals surface area (Å²) in [6.45, 7) is 2.76. The number of fused-ring (bicyclic) bond motifs is 1. The largest absolute Gasteiger partial charge is 0.366 e. The van der Waals surface area contributed by atoms with E-state index in [0.29, 0.717) is 28.1 Å². The van der Waals surface area contributed by atoms with Gasteiger partial charge in [0.05, 0.1) is 17.7 Å². The molecule has 1 aliphatic heterocycles. The molecule has 5 rings (SSSR count). The third kappa shape index (κ3) is 4.03. The molecule has 1 aliphatic rings. The molecular formula is C23H24FN7O3S. The lowest BCUT2D eigenvalue weighted by atomic mass is 10.1. The zero-order valence-electron chi connectivity index (χ0n) is 19.5. The van der Waals surface area contributed by atoms with Crippen molar-refractivity contribution < 1.29 is 9.18 Å². The maximum Gasteiger partial charge on any atom is 0.332 e. The number of halogens is 1. The van der Waals surface area contributed by atoms with E-state index in [2.05, 4.69) is 27.1 Å². The van der Waals surface area contributed by atoms with Crippen LogP contribution in [0.1, 0.15) is 19.8 Å². The van der Waals surface area contributed by atoms with Gasteiger partial charge in [-0.1, -0.05) is 6.07 Å². The number of nitrogens with zero attached hydrogens (tertiary/aromatic N) is 6. The standard InChI is InChI=1S/C23H24FN7O3S/c1-13-5-4-8-31(13)17-7-6-14(9-15(17)24)16-11-35-22(26-16)27-18(32)10-30-12-25-20-19(30)21(33)29(3)23(34)28(20)2/h6-7,9,11-13H,4-5,8,10H2,1-3H3,(H,26,27,32)/t13-/m0/s1. The first-order valence-electron chi connectivity index (χ1n) is 11.2. The number of thiazole rings is 1. The maximum absolute atomic E-state index is 14.8. The molecule has 12 heteroatoms. The molecule has 0 saturated carbocycles. The molecule has 1 N–H and O–H groups in total. The van der Waals surface area contributed by atoms with E-state index in [1.165, 1.54) is 47.0 Å². The first-order valence-corrected chi connectivity index (χ1v) is 12.1. The van der Waals surface area contributed by atoms with Crippen molar-refractivity contribution in [3.63, 3.8) is 0 Å². The van der Waals surface area contributed by atoms with Gasteiger partial charge < -0.3 is 14.8 Å². The molecule has 182 valence electrons. The summed E-state index contributed by atoms with van der Waals surface area (Å²) < 4.78 is 18.5. The van der Waals surface area contributed by atoms with Gasteiger partial charge in [0.1, 0.15) is 12.4 Å². The molecule has 0 bridgehead atoms. The van der Waals surface area contributed by atoms with Crippen molar-refractivity contribution >= 4 is 39.2 Å². The topological polar surface area (TPSA) is 107 Å². The summed E-state index contributed by atoms with van der Waals surface area (Å²) in [5.74, 6) is -0.705. The maximum atomic E-state index is 14.8. The van der Waals surface area contributed by atoms with Gasteiger partial charge in [-0.2, -0.15) is 0 Å². The van der Waals surface area contributed by atoms with Gasteiger partial charge in [-0.3, -0.25) is 18.7 Å². The normalized spacial score (nSPS) is 15.8. The highest BCUT2D eigenvalue weighted by Gasteiger charge is 2.23. The second-order valence-corrected chi connectivity index (χ2v) is 9.55. The fraction of sp³-hybridized carbons (Fsp3) is 0.348. The number of aromatic nitrogens is 5. The van der Waals surface area contributed by atoms with Gasteiger partial charge in [-0.15, -0.1) is 11.3 Å². The molecule has 4 aromatic rings. The molecule has 1 aromatic carbocycles. The highest BCUT2D eigenvalue weighted by molar-refractivity contribution is 7.14. The molecule has 1 fully saturated rings. The molecule has 1 amide bonds. The summed E-state index contributed by atoms with van der Waals surface area (Å²) in [5.41, 5.74) is 1.12. The summed E-state index contributed by atoms with van der Waals surface area (Å²) >= 11 is 1.22. The Morgan fingerprint density at radius 2 is 2.06 bits per heavy atom. The molecule has 1 atom stereocenters. The van der Waals surface area contributed by atoms with E-state index in [1.807, 2.05) is 6.07 Å². The van der Waals surface area contributed by atoms with E-state index in [4.69, 9.17) is 0 Å². The molecule has 0 aliphatic carbocycles. The zero-order chi connectivity index (χ0) is 24.9. The lowest BCUT2D eigenvalue weighted by Crippen LogP contribution is -2.37. The Morgan fingerprint density at radius 3 is 2.77 bits per heavy atom. The lowest BCUT2D eigenvalue weighted by molar-refractivity contribution is -0.116. The number of carbonyl (C=O) groups is 1. The Kier molecular flexibility index (Phi) is 5.75. The second kappa shape index (κ2) is 8.77. The molecule has 0 spiro atoms. The highest BCUT2D eigenvalue weighted by Crippen LogP contribution is 2.32. The second-order valence-electron chi connectivity index (χ2n) is 8.69. The van der Waals surface area contributed by atoms with Crippen LogP contribution >= 0.6 is 11.3 Å². The van der Waals surface area contributed by atoms with Crippen LogP contribution in [0.3, 0.4) is 0 Å². The number of rotatable bonds is 5. The number of hydrogen-bond donors (Lipinski definition) is 1. The summed E-state index contributed by atoms with van der Waals surface area (Å²) in [6, 6.07) is 5.40. The van der Waals surface area contributed by atoms with E-state index < -0.39 is 17.2 Å². The van der Waals surface area contributed by atoms with Crippen LogP contribution in [0.4, 0.5) is 15.2 Å². The van der Waals surface area contributed by atoms with Gasteiger partial charge in [0.2, 0.25) is 5.91 Å². The van der Waals surface area contributed by atoms with Gasteiger partial charge in [0, 0.05) is 37.6 Å². The molecule has 1 saturated heterocycles. The van der Waals surface area contributed by atoms with Crippen molar-refractivity contribution in [2.24, 2.45) is 14.1 Å². The minimum absolute atomic E-state index is 0.160. The van der Waals surface area contributed by atoms with Crippen LogP contribution in [0.5, 0.6) is 0 Å². The SMILES string of the molecule is C[C@H]1CCCN1c1ccc(-c2csc(NC(=O)Cn3cnc4c3c(=O)n(C)c(=O)n4C)n2)cc1F. The van der Waals surface area contributed by atoms with Crippen LogP contribution < -0.4 is 21.5 Å². The Bertz CT molecular complexity index is 1570. The summed E-state index contributed by atoms with van der Waals surface area (Å²) in [5, 5.41) is 4.82. The first kappa shape index (κ1) is 23.0. The molecule has 10 nitrogen and oxygen atoms in total. The third-order valence-corrected chi connectivity index (χ3v) is 7.15. The van der Waals surface area contributed by atoms with Crippen LogP contribution in [0.15, 0.2) is 39.5 Å². The monoisotopic (exact) mass is 497 g/mol. The summed E-state index contributed by atoms with van der Waals surface area (Å²) in [4.78, 5) is 47.9. The summed E-state index contributed by atoms with van der Waals surface area (Å²) in [7, 11) is 2.89. The van der Waals surface area contributed by atoms with Crippen molar-refractivity contribution in [3.05, 3.63) is 56.6 Å². The van der Waals surface area contributed by atoms with E-state index in [0.717, 1.165) is 24.0 Å². The van der Waals surface area contributed by atoms with Gasteiger partial charge in [-0.25, -0.2) is 19.2 Å². The molecule has 3 aromatic heterocycles. The van der Waals surface area contributed by atoms with Crippen molar-refractivity contribution in [2.75, 3.05) is 16.8 Å². The van der Waals surface area contributed by atoms with Gasteiger partial charge in [0.15, 0.2) is 16.3 Å². The van der Waals surface area contributed by atoms with E-state index in [-0.39, 0.29) is 23.5 Å². The smallest absolute Gasteiger partial charge is 0.332 e. The fourth-order valence-electron chi connectivity index (χ4n) is 4.48. The van der Waals surface area contributed by atoms with E-state index in [9.17, 15) is 18.8 Å². The molecule has 0 radical (unpaired) electrons. The molecular weight excluding hydrogens is 473 g/mol. The molecule has 35 heavy (non-hydrogen) atoms. The number of amides is 1. The highest BCUT2D eigenvalue weighted by atomic mass is 32.1. The number of imidazole rings is 1. The van der Waals surface area contributed by atoms with E-state index in [1.54, 1.807) is 11.4 Å². The van der Waals surface area contributed by atoms with Crippen LogP contribution in [-0.4, -0.2) is 42.2 Å². The number of benzene rings is 1. The fourth-order valence-corrected chi connectivity index (χ4v) is 5.22. The third-order valence-electron chi connectivity index (χ3n) is 6.39. The van der Waals surface area contributed by atoms with Crippen molar-refractivity contribution in [1.82, 2.24) is 23.7 Å². The van der Waals surface area contributed by atoms with Crippen LogP contribution in [0.25, 0.3) is 22.4 Å². The average Bonchev–Trinajstić information content (AvgIpc) is 3.57. The Balaban J connectivity index is 1.33. The minimum Gasteiger partial charge on any atom is -0.366 e. The number of aryl methyl sites for hydroxylation is 1. The number of carbonyl (C=O) groups excluding carboxylic acids is 1. The van der Waals surface area contributed by atoms with Crippen LogP contribution in [-0.2, 0) is 25.4 Å². The van der Waals surface area contributed by atoms with Gasteiger partial charge >= 0.3 is 5.69 Å². The summed E-state index contributed by atoms with van der Waals surface area (Å²) in [6.07, 6.45) is 3.46. The molecule has 0 unspecified atom stereocenters. The van der Waals surface area contributed by atoms with Crippen molar-refractivity contribution in [3.8, 4) is 11.3 Å². The predicted molar refractivity (Wildman–Crippen MR) is 132 cm³/mol. The number of nitrogens with one attached hydrogen (secondary N) is 1. The van der Waals surface area contributed by atoms with E-state index >= 15 is 0 Å². The lowest BCUT2D eigenvalue weighted by Gasteiger charge is -2.24. The quantitative estimate of drug-likeness (QED) is 0.454. The van der Waals surface area contributed by atoms with Gasteiger partial charge in [-0.05, 0) is 31.9 Å². The first-order chi connectivity index (χ1) is 16.7. The van der Waals surface area contributed by atoms with Crippen molar-refractivity contribution in [2.45, 2.75) is 32.4 Å². The Hall–Kier alpha value is -3.80. The van der Waals surface area contributed by atoms with Gasteiger partial charge in [0.25, 0.3) is 5.56 Å². The number of hydrogen-bond acceptors (Lipinski definition) is 7. The van der Waals surface area contributed by atoms with Crippen LogP contribution in [0.2, 0.25) is 0 Å². The zero-order valence-corrected chi connectivity index (χ0v) is 20.3. The Morgan fingerprint density at radius 1 is 1.26 bits per heavy atom. The van der Waals surface area contributed by atoms with Crippen LogP contribution in [0, 0.1) is 5.82 Å². The Labute approximate surface area is 203 Å².